The van der Waals surface area contributed by atoms with Crippen molar-refractivity contribution in [2.75, 3.05) is 19.0 Å². The van der Waals surface area contributed by atoms with Gasteiger partial charge in [0.25, 0.3) is 0 Å². The average molecular weight is 225 g/mol. The highest BCUT2D eigenvalue weighted by Crippen LogP contribution is 2.32. The van der Waals surface area contributed by atoms with Crippen molar-refractivity contribution >= 4 is 11.4 Å². The highest BCUT2D eigenvalue weighted by Gasteiger charge is 2.21. The molecule has 0 radical (unpaired) electrons. The van der Waals surface area contributed by atoms with E-state index in [0.29, 0.717) is 0 Å². The number of nitro benzene ring substituents is 1. The molecule has 6 nitrogen and oxygen atoms in total. The van der Waals surface area contributed by atoms with Crippen molar-refractivity contribution in [3.63, 3.8) is 0 Å². The maximum atomic E-state index is 13.3. The summed E-state index contributed by atoms with van der Waals surface area (Å²) in [7, 11) is 1.31. The van der Waals surface area contributed by atoms with Crippen LogP contribution in [0.3, 0.4) is 0 Å². The van der Waals surface area contributed by atoms with Crippen LogP contribution in [0.2, 0.25) is 0 Å². The first-order valence-corrected chi connectivity index (χ1v) is 4.23. The number of hydrogen-bond donors (Lipinski definition) is 1. The molecule has 0 unspecified atom stereocenters. The van der Waals surface area contributed by atoms with E-state index < -0.39 is 16.4 Å². The topological polar surface area (TPSA) is 88.2 Å². The Morgan fingerprint density at radius 2 is 2.38 bits per heavy atom. The zero-order valence-electron chi connectivity index (χ0n) is 8.36. The Bertz CT molecular complexity index is 456. The molecule has 1 N–H and O–H groups in total. The van der Waals surface area contributed by atoms with Gasteiger partial charge in [0, 0.05) is 12.1 Å². The Hall–Kier alpha value is -2.36. The van der Waals surface area contributed by atoms with Crippen molar-refractivity contribution in [1.82, 2.24) is 0 Å². The van der Waals surface area contributed by atoms with Gasteiger partial charge in [-0.1, -0.05) is 0 Å². The summed E-state index contributed by atoms with van der Waals surface area (Å²) < 4.78 is 18.1. The number of nitro groups is 1. The molecule has 0 aliphatic rings. The SMILES string of the molecule is COc1cc(F)c([N+](=O)[O-])c(NCC#N)c1. The second kappa shape index (κ2) is 4.93. The lowest BCUT2D eigenvalue weighted by Crippen LogP contribution is -2.04. The van der Waals surface area contributed by atoms with Crippen LogP contribution >= 0.6 is 0 Å². The number of nitriles is 1. The lowest BCUT2D eigenvalue weighted by molar-refractivity contribution is -0.386. The number of anilines is 1. The minimum absolute atomic E-state index is 0.0802. The van der Waals surface area contributed by atoms with Gasteiger partial charge in [0.15, 0.2) is 0 Å². The monoisotopic (exact) mass is 225 g/mol. The van der Waals surface area contributed by atoms with Gasteiger partial charge in [0.05, 0.1) is 18.1 Å². The fourth-order valence-corrected chi connectivity index (χ4v) is 1.15. The number of nitrogens with zero attached hydrogens (tertiary/aromatic N) is 2. The van der Waals surface area contributed by atoms with E-state index in [9.17, 15) is 14.5 Å². The molecule has 0 saturated heterocycles. The first kappa shape index (κ1) is 11.7. The number of rotatable bonds is 4. The summed E-state index contributed by atoms with van der Waals surface area (Å²) in [5, 5.41) is 21.4. The summed E-state index contributed by atoms with van der Waals surface area (Å²) >= 11 is 0. The Kier molecular flexibility index (Phi) is 3.61. The second-order valence-corrected chi connectivity index (χ2v) is 2.77. The maximum absolute atomic E-state index is 13.3. The zero-order valence-corrected chi connectivity index (χ0v) is 8.36. The molecule has 0 bridgehead atoms. The highest BCUT2D eigenvalue weighted by atomic mass is 19.1. The summed E-state index contributed by atoms with van der Waals surface area (Å²) in [5.41, 5.74) is -0.778. The van der Waals surface area contributed by atoms with Gasteiger partial charge >= 0.3 is 5.69 Å². The third kappa shape index (κ3) is 2.36. The molecule has 0 aromatic heterocycles. The van der Waals surface area contributed by atoms with E-state index in [1.165, 1.54) is 13.2 Å². The predicted molar refractivity (Wildman–Crippen MR) is 53.7 cm³/mol. The van der Waals surface area contributed by atoms with Crippen LogP contribution in [0.5, 0.6) is 5.75 Å². The molecule has 1 aromatic rings. The lowest BCUT2D eigenvalue weighted by atomic mass is 10.2. The fourth-order valence-electron chi connectivity index (χ4n) is 1.15. The van der Waals surface area contributed by atoms with E-state index >= 15 is 0 Å². The van der Waals surface area contributed by atoms with Crippen LogP contribution < -0.4 is 10.1 Å². The third-order valence-electron chi connectivity index (χ3n) is 1.81. The molecule has 0 amide bonds. The minimum atomic E-state index is -1.01. The van der Waals surface area contributed by atoms with Crippen molar-refractivity contribution in [2.24, 2.45) is 0 Å². The number of methoxy groups -OCH3 is 1. The summed E-state index contributed by atoms with van der Waals surface area (Å²) in [6.45, 7) is -0.159. The molecular weight excluding hydrogens is 217 g/mol. The molecule has 1 rings (SSSR count). The van der Waals surface area contributed by atoms with Gasteiger partial charge in [-0.25, -0.2) is 0 Å². The van der Waals surface area contributed by atoms with Gasteiger partial charge < -0.3 is 10.1 Å². The Morgan fingerprint density at radius 1 is 1.69 bits per heavy atom. The van der Waals surface area contributed by atoms with E-state index in [1.807, 2.05) is 0 Å². The van der Waals surface area contributed by atoms with Crippen LogP contribution in [-0.2, 0) is 0 Å². The van der Waals surface area contributed by atoms with Crippen molar-refractivity contribution in [2.45, 2.75) is 0 Å². The molecule has 0 spiro atoms. The van der Waals surface area contributed by atoms with E-state index in [2.05, 4.69) is 5.32 Å². The third-order valence-corrected chi connectivity index (χ3v) is 1.81. The van der Waals surface area contributed by atoms with E-state index in [1.54, 1.807) is 6.07 Å². The average Bonchev–Trinajstić information content (AvgIpc) is 2.24. The van der Waals surface area contributed by atoms with Crippen LogP contribution in [0.4, 0.5) is 15.8 Å². The van der Waals surface area contributed by atoms with Crippen LogP contribution in [0.15, 0.2) is 12.1 Å². The molecule has 0 aliphatic heterocycles. The molecule has 0 fully saturated rings. The standard InChI is InChI=1S/C9H8FN3O3/c1-16-6-4-7(10)9(13(14)15)8(5-6)12-3-2-11/h4-5,12H,3H2,1H3. The quantitative estimate of drug-likeness (QED) is 0.478. The number of nitrogens with one attached hydrogen (secondary N) is 1. The second-order valence-electron chi connectivity index (χ2n) is 2.77. The van der Waals surface area contributed by atoms with Gasteiger partial charge in [0.2, 0.25) is 5.82 Å². The van der Waals surface area contributed by atoms with Gasteiger partial charge in [-0.15, -0.1) is 0 Å². The molecule has 7 heteroatoms. The zero-order chi connectivity index (χ0) is 12.1. The fraction of sp³-hybridized carbons (Fsp3) is 0.222. The molecular formula is C9H8FN3O3. The molecule has 0 heterocycles. The molecule has 16 heavy (non-hydrogen) atoms. The Labute approximate surface area is 90.4 Å². The van der Waals surface area contributed by atoms with Crippen LogP contribution in [0, 0.1) is 27.3 Å². The van der Waals surface area contributed by atoms with Gasteiger partial charge in [-0.05, 0) is 0 Å². The summed E-state index contributed by atoms with van der Waals surface area (Å²) in [5.74, 6) is -0.867. The molecule has 84 valence electrons. The summed E-state index contributed by atoms with van der Waals surface area (Å²) in [4.78, 5) is 9.75. The number of hydrogen-bond acceptors (Lipinski definition) is 5. The van der Waals surface area contributed by atoms with Crippen LogP contribution in [-0.4, -0.2) is 18.6 Å². The lowest BCUT2D eigenvalue weighted by Gasteiger charge is -2.06. The largest absolute Gasteiger partial charge is 0.497 e. The van der Waals surface area contributed by atoms with E-state index in [-0.39, 0.29) is 18.0 Å². The Morgan fingerprint density at radius 3 is 2.88 bits per heavy atom. The highest BCUT2D eigenvalue weighted by molar-refractivity contribution is 5.65. The van der Waals surface area contributed by atoms with Crippen LogP contribution in [0.1, 0.15) is 0 Å². The number of ether oxygens (including phenoxy) is 1. The van der Waals surface area contributed by atoms with Gasteiger partial charge in [-0.3, -0.25) is 10.1 Å². The van der Waals surface area contributed by atoms with E-state index in [0.717, 1.165) is 6.07 Å². The normalized spacial score (nSPS) is 9.31. The first-order chi connectivity index (χ1) is 7.60. The smallest absolute Gasteiger partial charge is 0.327 e. The first-order valence-electron chi connectivity index (χ1n) is 4.23. The predicted octanol–water partition coefficient (Wildman–Crippen LogP) is 1.68. The van der Waals surface area contributed by atoms with Crippen molar-refractivity contribution in [3.05, 3.63) is 28.1 Å². The van der Waals surface area contributed by atoms with E-state index in [4.69, 9.17) is 10.00 Å². The molecule has 0 aliphatic carbocycles. The van der Waals surface area contributed by atoms with Crippen molar-refractivity contribution in [3.8, 4) is 11.8 Å². The van der Waals surface area contributed by atoms with Crippen molar-refractivity contribution in [1.29, 1.82) is 5.26 Å². The molecule has 0 atom stereocenters. The summed E-state index contributed by atoms with van der Waals surface area (Å²) in [6, 6.07) is 3.92. The minimum Gasteiger partial charge on any atom is -0.497 e. The van der Waals surface area contributed by atoms with Gasteiger partial charge in [-0.2, -0.15) is 9.65 Å². The van der Waals surface area contributed by atoms with Crippen LogP contribution in [0.25, 0.3) is 0 Å². The number of halogens is 1. The van der Waals surface area contributed by atoms with Gasteiger partial charge in [0.1, 0.15) is 18.0 Å². The molecule has 1 aromatic carbocycles. The molecule has 0 saturated carbocycles. The maximum Gasteiger partial charge on any atom is 0.327 e. The summed E-state index contributed by atoms with van der Waals surface area (Å²) in [6.07, 6.45) is 0. The Balaban J connectivity index is 3.24. The van der Waals surface area contributed by atoms with Crippen molar-refractivity contribution < 1.29 is 14.1 Å². The number of benzene rings is 1.